The summed E-state index contributed by atoms with van der Waals surface area (Å²) in [7, 11) is 0. The maximum atomic E-state index is 13.4. The van der Waals surface area contributed by atoms with Gasteiger partial charge in [0.25, 0.3) is 5.56 Å². The number of halogens is 1. The van der Waals surface area contributed by atoms with Crippen molar-refractivity contribution in [2.75, 3.05) is 6.61 Å². The first-order valence-corrected chi connectivity index (χ1v) is 11.5. The van der Waals surface area contributed by atoms with Crippen molar-refractivity contribution in [3.63, 3.8) is 0 Å². The van der Waals surface area contributed by atoms with E-state index >= 15 is 0 Å². The van der Waals surface area contributed by atoms with Crippen LogP contribution in [-0.2, 0) is 4.79 Å². The topological polar surface area (TPSA) is 95.9 Å². The van der Waals surface area contributed by atoms with Gasteiger partial charge in [0.2, 0.25) is 5.82 Å². The lowest BCUT2D eigenvalue weighted by atomic mass is 10.2. The summed E-state index contributed by atoms with van der Waals surface area (Å²) in [6, 6.07) is 19.6. The van der Waals surface area contributed by atoms with Crippen LogP contribution in [-0.4, -0.2) is 28.5 Å². The van der Waals surface area contributed by atoms with Gasteiger partial charge in [-0.1, -0.05) is 41.9 Å². The highest BCUT2D eigenvalue weighted by atomic mass is 35.5. The van der Waals surface area contributed by atoms with Gasteiger partial charge in [0.1, 0.15) is 5.58 Å². The molecule has 0 spiro atoms. The number of para-hydroxylation sites is 2. The zero-order chi connectivity index (χ0) is 25.2. The first-order valence-electron chi connectivity index (χ1n) is 11.1. The first kappa shape index (κ1) is 23.3. The summed E-state index contributed by atoms with van der Waals surface area (Å²) in [5, 5.41) is 5.89. The van der Waals surface area contributed by atoms with Gasteiger partial charge < -0.3 is 13.9 Å². The molecule has 0 aliphatic carbocycles. The lowest BCUT2D eigenvalue weighted by Gasteiger charge is -2.12. The highest BCUT2D eigenvalue weighted by Crippen LogP contribution is 2.36. The van der Waals surface area contributed by atoms with Gasteiger partial charge in [0, 0.05) is 12.3 Å². The Hall–Kier alpha value is -4.43. The monoisotopic (exact) mass is 501 g/mol. The van der Waals surface area contributed by atoms with Crippen molar-refractivity contribution in [1.29, 1.82) is 0 Å². The molecule has 3 aromatic carbocycles. The molecule has 0 unspecified atom stereocenters. The molecule has 0 N–H and O–H groups in total. The Morgan fingerprint density at radius 3 is 2.69 bits per heavy atom. The largest absolute Gasteiger partial charge is 0.490 e. The van der Waals surface area contributed by atoms with Crippen LogP contribution in [0.3, 0.4) is 0 Å². The van der Waals surface area contributed by atoms with Crippen molar-refractivity contribution >= 4 is 45.7 Å². The van der Waals surface area contributed by atoms with Crippen LogP contribution in [0.15, 0.2) is 81.0 Å². The van der Waals surface area contributed by atoms with Gasteiger partial charge >= 0.3 is 5.97 Å². The molecule has 0 saturated carbocycles. The number of rotatable bonds is 6. The van der Waals surface area contributed by atoms with Crippen LogP contribution in [0.2, 0.25) is 5.02 Å². The van der Waals surface area contributed by atoms with Crippen LogP contribution in [0.5, 0.6) is 11.5 Å². The third-order valence-corrected chi connectivity index (χ3v) is 5.58. The number of furan rings is 1. The Labute approximate surface area is 210 Å². The van der Waals surface area contributed by atoms with Crippen LogP contribution >= 0.6 is 11.6 Å². The second-order valence-electron chi connectivity index (χ2n) is 7.82. The molecule has 0 amide bonds. The molecule has 0 aliphatic heterocycles. The fourth-order valence-electron chi connectivity index (χ4n) is 3.77. The van der Waals surface area contributed by atoms with Crippen LogP contribution in [0.1, 0.15) is 19.4 Å². The number of fused-ring (bicyclic) bond motifs is 2. The van der Waals surface area contributed by atoms with E-state index in [4.69, 9.17) is 25.5 Å². The molecular formula is C27H20ClN3O5. The van der Waals surface area contributed by atoms with E-state index in [2.05, 4.69) is 10.1 Å². The quantitative estimate of drug-likeness (QED) is 0.169. The van der Waals surface area contributed by atoms with Crippen molar-refractivity contribution in [3.8, 4) is 23.1 Å². The number of carbonyl (C=O) groups excluding carboxylic acids is 1. The molecule has 0 aliphatic rings. The zero-order valence-electron chi connectivity index (χ0n) is 19.4. The molecule has 36 heavy (non-hydrogen) atoms. The minimum atomic E-state index is -0.525. The Bertz CT molecular complexity index is 1670. The standard InChI is InChI=1S/C27H20ClN3O5/c1-3-34-23-13-17(12-20(28)25(23)35-16(2)32)15-29-31-26(24-14-18-8-4-7-11-22(18)36-24)30-21-10-6-5-9-19(21)27(31)33/h4-15H,3H2,1-2H3. The van der Waals surface area contributed by atoms with Crippen molar-refractivity contribution in [2.45, 2.75) is 13.8 Å². The van der Waals surface area contributed by atoms with Gasteiger partial charge in [-0.2, -0.15) is 9.78 Å². The SMILES string of the molecule is CCOc1cc(C=Nn2c(-c3cc4ccccc4o3)nc3ccccc3c2=O)cc(Cl)c1OC(C)=O. The molecule has 9 heteroatoms. The molecule has 0 atom stereocenters. The van der Waals surface area contributed by atoms with Crippen molar-refractivity contribution in [1.82, 2.24) is 9.66 Å². The maximum absolute atomic E-state index is 13.4. The summed E-state index contributed by atoms with van der Waals surface area (Å²) in [5.74, 6) is 0.524. The van der Waals surface area contributed by atoms with Gasteiger partial charge in [-0.05, 0) is 48.9 Å². The van der Waals surface area contributed by atoms with E-state index in [-0.39, 0.29) is 27.9 Å². The van der Waals surface area contributed by atoms with E-state index in [1.807, 2.05) is 36.4 Å². The van der Waals surface area contributed by atoms with Gasteiger partial charge in [-0.3, -0.25) is 9.59 Å². The van der Waals surface area contributed by atoms with Crippen molar-refractivity contribution < 1.29 is 18.7 Å². The average Bonchev–Trinajstić information content (AvgIpc) is 3.30. The Kier molecular flexibility index (Phi) is 6.26. The summed E-state index contributed by atoms with van der Waals surface area (Å²) >= 11 is 6.36. The fourth-order valence-corrected chi connectivity index (χ4v) is 4.03. The van der Waals surface area contributed by atoms with Crippen LogP contribution in [0.25, 0.3) is 33.5 Å². The molecule has 0 saturated heterocycles. The minimum Gasteiger partial charge on any atom is -0.490 e. The number of benzene rings is 3. The number of carbonyl (C=O) groups is 1. The summed E-state index contributed by atoms with van der Waals surface area (Å²) < 4.78 is 18.0. The number of aromatic nitrogens is 2. The van der Waals surface area contributed by atoms with E-state index in [0.29, 0.717) is 34.4 Å². The lowest BCUT2D eigenvalue weighted by molar-refractivity contribution is -0.132. The van der Waals surface area contributed by atoms with Gasteiger partial charge in [-0.25, -0.2) is 4.98 Å². The molecule has 2 aromatic heterocycles. The van der Waals surface area contributed by atoms with Gasteiger partial charge in [0.15, 0.2) is 17.3 Å². The third kappa shape index (κ3) is 4.46. The number of esters is 1. The highest BCUT2D eigenvalue weighted by molar-refractivity contribution is 6.32. The third-order valence-electron chi connectivity index (χ3n) is 5.30. The van der Waals surface area contributed by atoms with Crippen LogP contribution in [0.4, 0.5) is 0 Å². The normalized spacial score (nSPS) is 11.4. The summed E-state index contributed by atoms with van der Waals surface area (Å²) in [4.78, 5) is 29.6. The predicted octanol–water partition coefficient (Wildman–Crippen LogP) is 5.67. The second kappa shape index (κ2) is 9.67. The number of ether oxygens (including phenoxy) is 2. The van der Waals surface area contributed by atoms with E-state index in [9.17, 15) is 9.59 Å². The summed E-state index contributed by atoms with van der Waals surface area (Å²) in [5.41, 5.74) is 1.35. The lowest BCUT2D eigenvalue weighted by Crippen LogP contribution is -2.20. The fraction of sp³-hybridized carbons (Fsp3) is 0.111. The number of nitrogens with zero attached hydrogens (tertiary/aromatic N) is 3. The van der Waals surface area contributed by atoms with Crippen molar-refractivity contribution in [3.05, 3.63) is 87.7 Å². The van der Waals surface area contributed by atoms with E-state index in [1.54, 1.807) is 37.3 Å². The Morgan fingerprint density at radius 2 is 1.92 bits per heavy atom. The second-order valence-corrected chi connectivity index (χ2v) is 8.23. The molecule has 180 valence electrons. The molecule has 2 heterocycles. The van der Waals surface area contributed by atoms with E-state index < -0.39 is 5.97 Å². The summed E-state index contributed by atoms with van der Waals surface area (Å²) in [6.07, 6.45) is 1.45. The molecule has 0 fully saturated rings. The smallest absolute Gasteiger partial charge is 0.308 e. The molecular weight excluding hydrogens is 482 g/mol. The van der Waals surface area contributed by atoms with Crippen LogP contribution < -0.4 is 15.0 Å². The zero-order valence-corrected chi connectivity index (χ0v) is 20.2. The molecule has 8 nitrogen and oxygen atoms in total. The first-order chi connectivity index (χ1) is 17.4. The predicted molar refractivity (Wildman–Crippen MR) is 138 cm³/mol. The summed E-state index contributed by atoms with van der Waals surface area (Å²) in [6.45, 7) is 3.40. The number of hydrogen-bond acceptors (Lipinski definition) is 7. The van der Waals surface area contributed by atoms with Crippen LogP contribution in [0, 0.1) is 0 Å². The van der Waals surface area contributed by atoms with Gasteiger partial charge in [0.05, 0.1) is 28.7 Å². The van der Waals surface area contributed by atoms with Crippen molar-refractivity contribution in [2.24, 2.45) is 5.10 Å². The average molecular weight is 502 g/mol. The maximum Gasteiger partial charge on any atom is 0.308 e. The Balaban J connectivity index is 1.66. The molecule has 5 rings (SSSR count). The van der Waals surface area contributed by atoms with Gasteiger partial charge in [-0.15, -0.1) is 0 Å². The van der Waals surface area contributed by atoms with E-state index in [0.717, 1.165) is 5.39 Å². The number of hydrogen-bond donors (Lipinski definition) is 0. The highest BCUT2D eigenvalue weighted by Gasteiger charge is 2.17. The Morgan fingerprint density at radius 1 is 1.14 bits per heavy atom. The molecule has 0 radical (unpaired) electrons. The molecule has 5 aromatic rings. The minimum absolute atomic E-state index is 0.121. The van der Waals surface area contributed by atoms with E-state index in [1.165, 1.54) is 17.8 Å². The molecule has 0 bridgehead atoms.